The highest BCUT2D eigenvalue weighted by molar-refractivity contribution is 4.83. The van der Waals surface area contributed by atoms with Gasteiger partial charge in [0.2, 0.25) is 0 Å². The van der Waals surface area contributed by atoms with Crippen LogP contribution in [0.5, 0.6) is 0 Å². The molecule has 0 amide bonds. The van der Waals surface area contributed by atoms with Gasteiger partial charge in [0.05, 0.1) is 6.61 Å². The third-order valence-corrected chi connectivity index (χ3v) is 3.55. The van der Waals surface area contributed by atoms with Crippen LogP contribution in [0.3, 0.4) is 0 Å². The molecule has 3 nitrogen and oxygen atoms in total. The summed E-state index contributed by atoms with van der Waals surface area (Å²) in [6.07, 6.45) is 0.299. The van der Waals surface area contributed by atoms with Crippen LogP contribution in [0.4, 0.5) is 13.2 Å². The van der Waals surface area contributed by atoms with E-state index >= 15 is 0 Å². The molecule has 2 fully saturated rings. The van der Waals surface area contributed by atoms with Crippen LogP contribution in [0.2, 0.25) is 0 Å². The number of likely N-dealkylation sites (tertiary alicyclic amines) is 1. The molecule has 1 aliphatic carbocycles. The molecule has 0 spiro atoms. The van der Waals surface area contributed by atoms with Crippen molar-refractivity contribution in [3.63, 3.8) is 0 Å². The average molecular weight is 266 g/mol. The summed E-state index contributed by atoms with van der Waals surface area (Å²) in [5.41, 5.74) is 0. The summed E-state index contributed by atoms with van der Waals surface area (Å²) >= 11 is 0. The first-order chi connectivity index (χ1) is 8.53. The molecule has 1 atom stereocenters. The zero-order valence-corrected chi connectivity index (χ0v) is 10.5. The molecular weight excluding hydrogens is 245 g/mol. The Kier molecular flexibility index (Phi) is 4.86. The monoisotopic (exact) mass is 266 g/mol. The molecule has 18 heavy (non-hydrogen) atoms. The number of hydrogen-bond donors (Lipinski definition) is 1. The van der Waals surface area contributed by atoms with Crippen LogP contribution in [0.15, 0.2) is 0 Å². The van der Waals surface area contributed by atoms with E-state index in [9.17, 15) is 13.2 Å². The zero-order chi connectivity index (χ0) is 13.0. The van der Waals surface area contributed by atoms with Crippen molar-refractivity contribution in [3.05, 3.63) is 0 Å². The van der Waals surface area contributed by atoms with Crippen LogP contribution in [0.25, 0.3) is 0 Å². The SMILES string of the molecule is FC(F)(F)OCCN1CCCC(CNC2CC2)C1. The van der Waals surface area contributed by atoms with Crippen molar-refractivity contribution >= 4 is 0 Å². The third-order valence-electron chi connectivity index (χ3n) is 3.55. The van der Waals surface area contributed by atoms with Gasteiger partial charge in [0.15, 0.2) is 0 Å². The van der Waals surface area contributed by atoms with Gasteiger partial charge in [0, 0.05) is 19.1 Å². The molecule has 2 rings (SSSR count). The van der Waals surface area contributed by atoms with Crippen molar-refractivity contribution in [1.82, 2.24) is 10.2 Å². The lowest BCUT2D eigenvalue weighted by Gasteiger charge is -2.32. The van der Waals surface area contributed by atoms with Crippen molar-refractivity contribution in [2.45, 2.75) is 38.1 Å². The second-order valence-electron chi connectivity index (χ2n) is 5.29. The average Bonchev–Trinajstić information content (AvgIpc) is 3.09. The maximum Gasteiger partial charge on any atom is 0.522 e. The zero-order valence-electron chi connectivity index (χ0n) is 10.5. The number of rotatable bonds is 6. The van der Waals surface area contributed by atoms with E-state index in [0.717, 1.165) is 26.1 Å². The summed E-state index contributed by atoms with van der Waals surface area (Å²) in [6, 6.07) is 0.703. The highest BCUT2D eigenvalue weighted by Gasteiger charge is 2.29. The fourth-order valence-electron chi connectivity index (χ4n) is 2.43. The van der Waals surface area contributed by atoms with E-state index < -0.39 is 6.36 Å². The van der Waals surface area contributed by atoms with Crippen LogP contribution in [-0.4, -0.2) is 50.1 Å². The van der Waals surface area contributed by atoms with E-state index in [4.69, 9.17) is 0 Å². The van der Waals surface area contributed by atoms with Crippen molar-refractivity contribution in [3.8, 4) is 0 Å². The van der Waals surface area contributed by atoms with Crippen LogP contribution >= 0.6 is 0 Å². The summed E-state index contributed by atoms with van der Waals surface area (Å²) in [5.74, 6) is 0.574. The molecule has 6 heteroatoms. The largest absolute Gasteiger partial charge is 0.522 e. The Morgan fingerprint density at radius 1 is 1.22 bits per heavy atom. The molecule has 1 aliphatic heterocycles. The Balaban J connectivity index is 1.59. The second kappa shape index (κ2) is 6.21. The standard InChI is InChI=1S/C12H21F3N2O/c13-12(14,15)18-7-6-17-5-1-2-10(9-17)8-16-11-3-4-11/h10-11,16H,1-9H2. The highest BCUT2D eigenvalue weighted by atomic mass is 19.4. The molecule has 1 unspecified atom stereocenters. The van der Waals surface area contributed by atoms with Gasteiger partial charge in [-0.25, -0.2) is 0 Å². The lowest BCUT2D eigenvalue weighted by Crippen LogP contribution is -2.41. The summed E-state index contributed by atoms with van der Waals surface area (Å²) < 4.78 is 39.4. The first-order valence-corrected chi connectivity index (χ1v) is 6.69. The van der Waals surface area contributed by atoms with Crippen LogP contribution < -0.4 is 5.32 Å². The Morgan fingerprint density at radius 3 is 2.67 bits per heavy atom. The van der Waals surface area contributed by atoms with Gasteiger partial charge in [-0.1, -0.05) is 0 Å². The predicted molar refractivity (Wildman–Crippen MR) is 62.2 cm³/mol. The fourth-order valence-corrected chi connectivity index (χ4v) is 2.43. The van der Waals surface area contributed by atoms with E-state index in [1.54, 1.807) is 0 Å². The van der Waals surface area contributed by atoms with Crippen LogP contribution in [0, 0.1) is 5.92 Å². The number of piperidine rings is 1. The van der Waals surface area contributed by atoms with Gasteiger partial charge in [-0.15, -0.1) is 13.2 Å². The van der Waals surface area contributed by atoms with E-state index in [0.29, 0.717) is 18.5 Å². The van der Waals surface area contributed by atoms with Gasteiger partial charge in [-0.2, -0.15) is 0 Å². The second-order valence-corrected chi connectivity index (χ2v) is 5.29. The first-order valence-electron chi connectivity index (χ1n) is 6.69. The summed E-state index contributed by atoms with van der Waals surface area (Å²) in [7, 11) is 0. The Hall–Kier alpha value is -0.330. The molecule has 1 N–H and O–H groups in total. The molecule has 1 heterocycles. The van der Waals surface area contributed by atoms with Gasteiger partial charge < -0.3 is 10.2 Å². The molecule has 0 aromatic carbocycles. The smallest absolute Gasteiger partial charge is 0.314 e. The number of nitrogens with one attached hydrogen (secondary N) is 1. The summed E-state index contributed by atoms with van der Waals surface area (Å²) in [5, 5.41) is 3.49. The van der Waals surface area contributed by atoms with E-state index in [-0.39, 0.29) is 6.61 Å². The molecule has 106 valence electrons. The minimum absolute atomic E-state index is 0.258. The highest BCUT2D eigenvalue weighted by Crippen LogP contribution is 2.21. The van der Waals surface area contributed by atoms with Crippen molar-refractivity contribution in [2.75, 3.05) is 32.8 Å². The van der Waals surface area contributed by atoms with Gasteiger partial charge in [-0.3, -0.25) is 4.74 Å². The molecule has 0 radical (unpaired) electrons. The summed E-state index contributed by atoms with van der Waals surface area (Å²) in [6.45, 7) is 2.90. The Morgan fingerprint density at radius 2 is 2.00 bits per heavy atom. The Bertz CT molecular complexity index is 256. The van der Waals surface area contributed by atoms with Crippen molar-refractivity contribution in [1.29, 1.82) is 0 Å². The minimum Gasteiger partial charge on any atom is -0.314 e. The van der Waals surface area contributed by atoms with Gasteiger partial charge in [-0.05, 0) is 44.7 Å². The van der Waals surface area contributed by atoms with E-state index in [2.05, 4.69) is 15.0 Å². The molecule has 0 aromatic rings. The number of alkyl halides is 3. The van der Waals surface area contributed by atoms with Gasteiger partial charge in [0.25, 0.3) is 0 Å². The quantitative estimate of drug-likeness (QED) is 0.795. The lowest BCUT2D eigenvalue weighted by atomic mass is 9.98. The van der Waals surface area contributed by atoms with Crippen molar-refractivity contribution < 1.29 is 17.9 Å². The molecule has 1 saturated carbocycles. The van der Waals surface area contributed by atoms with Gasteiger partial charge >= 0.3 is 6.36 Å². The minimum atomic E-state index is -4.50. The maximum atomic E-state index is 11.9. The molecule has 0 bridgehead atoms. The van der Waals surface area contributed by atoms with Crippen LogP contribution in [0.1, 0.15) is 25.7 Å². The lowest BCUT2D eigenvalue weighted by molar-refractivity contribution is -0.325. The fraction of sp³-hybridized carbons (Fsp3) is 1.00. The normalized spacial score (nSPS) is 26.5. The molecule has 0 aromatic heterocycles. The van der Waals surface area contributed by atoms with E-state index in [1.807, 2.05) is 0 Å². The van der Waals surface area contributed by atoms with Gasteiger partial charge in [0.1, 0.15) is 0 Å². The Labute approximate surface area is 106 Å². The number of halogens is 3. The number of ether oxygens (including phenoxy) is 1. The first kappa shape index (κ1) is 14.1. The third kappa shape index (κ3) is 5.54. The van der Waals surface area contributed by atoms with Crippen molar-refractivity contribution in [2.24, 2.45) is 5.92 Å². The van der Waals surface area contributed by atoms with Crippen LogP contribution in [-0.2, 0) is 4.74 Å². The molecule has 1 saturated heterocycles. The topological polar surface area (TPSA) is 24.5 Å². The number of nitrogens with zero attached hydrogens (tertiary/aromatic N) is 1. The van der Waals surface area contributed by atoms with E-state index in [1.165, 1.54) is 19.3 Å². The molecular formula is C12H21F3N2O. The molecule has 2 aliphatic rings. The summed E-state index contributed by atoms with van der Waals surface area (Å²) in [4.78, 5) is 2.08. The number of hydrogen-bond acceptors (Lipinski definition) is 3. The predicted octanol–water partition coefficient (Wildman–Crippen LogP) is 1.99. The maximum absolute atomic E-state index is 11.9.